The molecule has 80 valence electrons. The number of nitriles is 1. The third kappa shape index (κ3) is 3.94. The van der Waals surface area contributed by atoms with Crippen LogP contribution in [-0.2, 0) is 0 Å². The van der Waals surface area contributed by atoms with Crippen molar-refractivity contribution in [1.29, 1.82) is 5.26 Å². The molecule has 4 heteroatoms. The van der Waals surface area contributed by atoms with Crippen LogP contribution < -0.4 is 4.74 Å². The lowest BCUT2D eigenvalue weighted by Gasteiger charge is -2.06. The van der Waals surface area contributed by atoms with E-state index in [-0.39, 0.29) is 5.69 Å². The van der Waals surface area contributed by atoms with E-state index >= 15 is 0 Å². The zero-order valence-electron chi connectivity index (χ0n) is 9.10. The number of nitrogens with zero attached hydrogens (tertiary/aromatic N) is 3. The Kier molecular flexibility index (Phi) is 4.55. The van der Waals surface area contributed by atoms with Crippen LogP contribution in [0.3, 0.4) is 0 Å². The van der Waals surface area contributed by atoms with E-state index in [0.29, 0.717) is 18.4 Å². The fourth-order valence-electron chi connectivity index (χ4n) is 1.17. The molecule has 0 saturated heterocycles. The van der Waals surface area contributed by atoms with Gasteiger partial charge in [0.25, 0.3) is 5.88 Å². The van der Waals surface area contributed by atoms with Crippen LogP contribution in [0.15, 0.2) is 12.4 Å². The highest BCUT2D eigenvalue weighted by atomic mass is 16.5. The molecule has 0 aliphatic carbocycles. The van der Waals surface area contributed by atoms with Gasteiger partial charge in [0.2, 0.25) is 5.69 Å². The molecule has 1 rings (SSSR count). The maximum absolute atomic E-state index is 8.73. The number of rotatable bonds is 5. The fourth-order valence-corrected chi connectivity index (χ4v) is 1.17. The van der Waals surface area contributed by atoms with E-state index in [1.54, 1.807) is 0 Å². The molecule has 1 aromatic heterocycles. The highest BCUT2D eigenvalue weighted by molar-refractivity contribution is 5.29. The lowest BCUT2D eigenvalue weighted by atomic mass is 10.1. The van der Waals surface area contributed by atoms with E-state index in [9.17, 15) is 0 Å². The Labute approximate surface area is 89.9 Å². The molecule has 1 aromatic rings. The second kappa shape index (κ2) is 5.97. The van der Waals surface area contributed by atoms with E-state index in [2.05, 4.69) is 23.8 Å². The summed E-state index contributed by atoms with van der Waals surface area (Å²) in [6, 6.07) is 1.95. The van der Waals surface area contributed by atoms with Gasteiger partial charge in [-0.05, 0) is 18.8 Å². The van der Waals surface area contributed by atoms with Crippen LogP contribution in [0.5, 0.6) is 5.88 Å². The maximum atomic E-state index is 8.73. The lowest BCUT2D eigenvalue weighted by Crippen LogP contribution is -2.03. The van der Waals surface area contributed by atoms with E-state index < -0.39 is 0 Å². The molecule has 0 saturated carbocycles. The summed E-state index contributed by atoms with van der Waals surface area (Å²) in [7, 11) is 0. The van der Waals surface area contributed by atoms with Crippen LogP contribution in [0.4, 0.5) is 0 Å². The molecule has 0 bridgehead atoms. The first-order valence-electron chi connectivity index (χ1n) is 5.08. The maximum Gasteiger partial charge on any atom is 0.251 e. The van der Waals surface area contributed by atoms with Gasteiger partial charge < -0.3 is 4.74 Å². The van der Waals surface area contributed by atoms with Gasteiger partial charge in [0, 0.05) is 12.4 Å². The van der Waals surface area contributed by atoms with Gasteiger partial charge in [0.1, 0.15) is 6.07 Å². The molecule has 0 aliphatic heterocycles. The average molecular weight is 205 g/mol. The Morgan fingerprint density at radius 3 is 2.80 bits per heavy atom. The van der Waals surface area contributed by atoms with Crippen molar-refractivity contribution < 1.29 is 4.74 Å². The third-order valence-electron chi connectivity index (χ3n) is 1.94. The molecule has 0 unspecified atom stereocenters. The monoisotopic (exact) mass is 205 g/mol. The van der Waals surface area contributed by atoms with Gasteiger partial charge in [0.15, 0.2) is 0 Å². The highest BCUT2D eigenvalue weighted by Crippen LogP contribution is 2.11. The fraction of sp³-hybridized carbons (Fsp3) is 0.545. The van der Waals surface area contributed by atoms with Gasteiger partial charge in [-0.2, -0.15) is 5.26 Å². The van der Waals surface area contributed by atoms with Crippen molar-refractivity contribution in [2.45, 2.75) is 26.7 Å². The Morgan fingerprint density at radius 2 is 2.13 bits per heavy atom. The molecule has 0 amide bonds. The molecular formula is C11H15N3O. The molecule has 0 spiro atoms. The minimum Gasteiger partial charge on any atom is -0.476 e. The van der Waals surface area contributed by atoms with Crippen molar-refractivity contribution in [3.63, 3.8) is 0 Å². The molecule has 15 heavy (non-hydrogen) atoms. The van der Waals surface area contributed by atoms with Crippen molar-refractivity contribution in [3.8, 4) is 11.9 Å². The third-order valence-corrected chi connectivity index (χ3v) is 1.94. The number of aromatic nitrogens is 2. The molecule has 0 fully saturated rings. The van der Waals surface area contributed by atoms with Crippen LogP contribution in [0.1, 0.15) is 32.4 Å². The van der Waals surface area contributed by atoms with Gasteiger partial charge in [-0.3, -0.25) is 0 Å². The summed E-state index contributed by atoms with van der Waals surface area (Å²) in [6.07, 6.45) is 5.10. The lowest BCUT2D eigenvalue weighted by molar-refractivity contribution is 0.285. The van der Waals surface area contributed by atoms with E-state index in [4.69, 9.17) is 10.00 Å². The van der Waals surface area contributed by atoms with E-state index in [1.165, 1.54) is 12.4 Å². The Bertz CT molecular complexity index is 344. The summed E-state index contributed by atoms with van der Waals surface area (Å²) < 4.78 is 5.38. The van der Waals surface area contributed by atoms with Crippen LogP contribution in [-0.4, -0.2) is 16.6 Å². The number of hydrogen-bond donors (Lipinski definition) is 0. The Balaban J connectivity index is 2.41. The number of hydrogen-bond acceptors (Lipinski definition) is 4. The summed E-state index contributed by atoms with van der Waals surface area (Å²) in [5.41, 5.74) is 0.252. The first-order chi connectivity index (χ1) is 7.24. The van der Waals surface area contributed by atoms with Crippen molar-refractivity contribution in [1.82, 2.24) is 9.97 Å². The van der Waals surface area contributed by atoms with Gasteiger partial charge in [-0.1, -0.05) is 13.8 Å². The molecule has 0 atom stereocenters. The normalized spacial score (nSPS) is 10.0. The SMILES string of the molecule is CC(C)CCCOc1nccnc1C#N. The summed E-state index contributed by atoms with van der Waals surface area (Å²) in [6.45, 7) is 4.93. The molecule has 0 radical (unpaired) electrons. The van der Waals surface area contributed by atoms with Gasteiger partial charge in [0.05, 0.1) is 6.61 Å². The second-order valence-electron chi connectivity index (χ2n) is 3.71. The zero-order valence-corrected chi connectivity index (χ0v) is 9.10. The highest BCUT2D eigenvalue weighted by Gasteiger charge is 2.04. The first kappa shape index (κ1) is 11.4. The summed E-state index contributed by atoms with van der Waals surface area (Å²) in [5.74, 6) is 1.01. The summed E-state index contributed by atoms with van der Waals surface area (Å²) in [5, 5.41) is 8.73. The molecule has 0 aliphatic rings. The van der Waals surface area contributed by atoms with Gasteiger partial charge in [-0.15, -0.1) is 0 Å². The molecule has 4 nitrogen and oxygen atoms in total. The Morgan fingerprint density at radius 1 is 1.40 bits per heavy atom. The standard InChI is InChI=1S/C11H15N3O/c1-9(2)4-3-7-15-11-10(8-12)13-5-6-14-11/h5-6,9H,3-4,7H2,1-2H3. The van der Waals surface area contributed by atoms with Crippen molar-refractivity contribution >= 4 is 0 Å². The molecular weight excluding hydrogens is 190 g/mol. The zero-order chi connectivity index (χ0) is 11.1. The second-order valence-corrected chi connectivity index (χ2v) is 3.71. The topological polar surface area (TPSA) is 58.8 Å². The largest absolute Gasteiger partial charge is 0.476 e. The Hall–Kier alpha value is -1.63. The quantitative estimate of drug-likeness (QED) is 0.691. The van der Waals surface area contributed by atoms with Crippen LogP contribution >= 0.6 is 0 Å². The first-order valence-corrected chi connectivity index (χ1v) is 5.08. The minimum atomic E-state index is 0.252. The molecule has 0 N–H and O–H groups in total. The number of ether oxygens (including phenoxy) is 1. The predicted molar refractivity (Wildman–Crippen MR) is 56.3 cm³/mol. The van der Waals surface area contributed by atoms with Crippen LogP contribution in [0.2, 0.25) is 0 Å². The molecule has 1 heterocycles. The summed E-state index contributed by atoms with van der Waals surface area (Å²) in [4.78, 5) is 7.82. The van der Waals surface area contributed by atoms with Crippen LogP contribution in [0, 0.1) is 17.2 Å². The van der Waals surface area contributed by atoms with Crippen molar-refractivity contribution in [3.05, 3.63) is 18.1 Å². The van der Waals surface area contributed by atoms with E-state index in [0.717, 1.165) is 12.8 Å². The van der Waals surface area contributed by atoms with E-state index in [1.807, 2.05) is 6.07 Å². The van der Waals surface area contributed by atoms with Gasteiger partial charge >= 0.3 is 0 Å². The predicted octanol–water partition coefficient (Wildman–Crippen LogP) is 2.16. The summed E-state index contributed by atoms with van der Waals surface area (Å²) >= 11 is 0. The minimum absolute atomic E-state index is 0.252. The smallest absolute Gasteiger partial charge is 0.251 e. The molecule has 0 aromatic carbocycles. The van der Waals surface area contributed by atoms with Crippen molar-refractivity contribution in [2.75, 3.05) is 6.61 Å². The van der Waals surface area contributed by atoms with Gasteiger partial charge in [-0.25, -0.2) is 9.97 Å². The van der Waals surface area contributed by atoms with Crippen molar-refractivity contribution in [2.24, 2.45) is 5.92 Å². The average Bonchev–Trinajstić information content (AvgIpc) is 2.24. The van der Waals surface area contributed by atoms with Crippen LogP contribution in [0.25, 0.3) is 0 Å².